The number of aliphatic carboxylic acids is 1. The van der Waals surface area contributed by atoms with Gasteiger partial charge >= 0.3 is 5.97 Å². The van der Waals surface area contributed by atoms with Gasteiger partial charge in [-0.15, -0.1) is 0 Å². The van der Waals surface area contributed by atoms with E-state index in [1.807, 2.05) is 59.3 Å². The summed E-state index contributed by atoms with van der Waals surface area (Å²) in [5.74, 6) is -0.183. The molecule has 0 radical (unpaired) electrons. The Bertz CT molecular complexity index is 1000. The Morgan fingerprint density at radius 2 is 1.96 bits per heavy atom. The largest absolute Gasteiger partial charge is 0.489 e. The van der Waals surface area contributed by atoms with Crippen molar-refractivity contribution in [2.45, 2.75) is 19.4 Å². The maximum absolute atomic E-state index is 11.1. The van der Waals surface area contributed by atoms with Gasteiger partial charge in [-0.2, -0.15) is 16.6 Å². The zero-order valence-electron chi connectivity index (χ0n) is 15.2. The molecule has 0 saturated carbocycles. The standard InChI is InChI=1S/C23H19NO3S/c24-14-20-6-8-22(27-15-17-10-11-28-16-17)13-21(20)12-19(7-9-23(25)26)18-4-2-1-3-5-18/h1-6,8,10-13,16H,7,9,15H2,(H,25,26)/b19-12-. The lowest BCUT2D eigenvalue weighted by Crippen LogP contribution is -1.97. The van der Waals surface area contributed by atoms with E-state index in [4.69, 9.17) is 9.84 Å². The second kappa shape index (κ2) is 9.54. The minimum Gasteiger partial charge on any atom is -0.489 e. The van der Waals surface area contributed by atoms with Crippen molar-refractivity contribution in [3.05, 3.63) is 87.6 Å². The number of nitriles is 1. The summed E-state index contributed by atoms with van der Waals surface area (Å²) in [5, 5.41) is 22.6. The molecule has 0 amide bonds. The van der Waals surface area contributed by atoms with Crippen molar-refractivity contribution in [2.24, 2.45) is 0 Å². The summed E-state index contributed by atoms with van der Waals surface area (Å²) in [6.45, 7) is 0.461. The van der Waals surface area contributed by atoms with Gasteiger partial charge < -0.3 is 9.84 Å². The number of carboxylic acids is 1. The fourth-order valence-corrected chi connectivity index (χ4v) is 3.43. The zero-order valence-corrected chi connectivity index (χ0v) is 16.0. The highest BCUT2D eigenvalue weighted by Crippen LogP contribution is 2.27. The van der Waals surface area contributed by atoms with E-state index < -0.39 is 5.97 Å². The van der Waals surface area contributed by atoms with Gasteiger partial charge in [-0.1, -0.05) is 30.3 Å². The van der Waals surface area contributed by atoms with Gasteiger partial charge in [0, 0.05) is 6.42 Å². The van der Waals surface area contributed by atoms with E-state index in [0.29, 0.717) is 24.3 Å². The number of thiophene rings is 1. The van der Waals surface area contributed by atoms with Crippen molar-refractivity contribution >= 4 is 29.0 Å². The average Bonchev–Trinajstić information content (AvgIpc) is 3.24. The summed E-state index contributed by atoms with van der Waals surface area (Å²) < 4.78 is 5.85. The Morgan fingerprint density at radius 3 is 2.64 bits per heavy atom. The molecule has 0 aliphatic rings. The number of nitrogens with zero attached hydrogens (tertiary/aromatic N) is 1. The summed E-state index contributed by atoms with van der Waals surface area (Å²) in [6, 6.07) is 19.2. The Balaban J connectivity index is 1.91. The summed E-state index contributed by atoms with van der Waals surface area (Å²) in [4.78, 5) is 11.1. The highest BCUT2D eigenvalue weighted by Gasteiger charge is 2.09. The topological polar surface area (TPSA) is 70.3 Å². The van der Waals surface area contributed by atoms with Crippen LogP contribution < -0.4 is 4.74 Å². The van der Waals surface area contributed by atoms with Crippen molar-refractivity contribution < 1.29 is 14.6 Å². The molecule has 2 aromatic carbocycles. The van der Waals surface area contributed by atoms with Gasteiger partial charge in [-0.25, -0.2) is 0 Å². The lowest BCUT2D eigenvalue weighted by Gasteiger charge is -2.10. The summed E-state index contributed by atoms with van der Waals surface area (Å²) in [7, 11) is 0. The number of benzene rings is 2. The van der Waals surface area contributed by atoms with Crippen molar-refractivity contribution in [3.63, 3.8) is 0 Å². The summed E-state index contributed by atoms with van der Waals surface area (Å²) in [5.41, 5.74) is 4.14. The van der Waals surface area contributed by atoms with E-state index in [2.05, 4.69) is 6.07 Å². The molecule has 0 aliphatic carbocycles. The van der Waals surface area contributed by atoms with Crippen LogP contribution in [-0.4, -0.2) is 11.1 Å². The van der Waals surface area contributed by atoms with Crippen LogP contribution in [0, 0.1) is 11.3 Å². The van der Waals surface area contributed by atoms with Crippen LogP contribution in [0.15, 0.2) is 65.4 Å². The molecule has 0 saturated heterocycles. The molecular weight excluding hydrogens is 370 g/mol. The molecule has 5 heteroatoms. The maximum atomic E-state index is 11.1. The summed E-state index contributed by atoms with van der Waals surface area (Å²) in [6.07, 6.45) is 2.29. The first kappa shape index (κ1) is 19.4. The molecule has 1 aromatic heterocycles. The van der Waals surface area contributed by atoms with Crippen molar-refractivity contribution in [3.8, 4) is 11.8 Å². The molecule has 0 bridgehead atoms. The normalized spacial score (nSPS) is 11.0. The fraction of sp³-hybridized carbons (Fsp3) is 0.130. The van der Waals surface area contributed by atoms with Gasteiger partial charge in [-0.3, -0.25) is 4.79 Å². The lowest BCUT2D eigenvalue weighted by atomic mass is 9.96. The van der Waals surface area contributed by atoms with Crippen LogP contribution in [0.5, 0.6) is 5.75 Å². The molecule has 0 spiro atoms. The molecule has 0 atom stereocenters. The summed E-state index contributed by atoms with van der Waals surface area (Å²) >= 11 is 1.62. The minimum absolute atomic E-state index is 0.0248. The van der Waals surface area contributed by atoms with Gasteiger partial charge in [-0.05, 0) is 69.8 Å². The molecule has 3 rings (SSSR count). The average molecular weight is 389 g/mol. The highest BCUT2D eigenvalue weighted by molar-refractivity contribution is 7.07. The van der Waals surface area contributed by atoms with Crippen molar-refractivity contribution in [1.29, 1.82) is 5.26 Å². The number of carbonyl (C=O) groups is 1. The molecule has 1 heterocycles. The Kier molecular flexibility index (Phi) is 6.61. The monoisotopic (exact) mass is 389 g/mol. The number of ether oxygens (including phenoxy) is 1. The van der Waals surface area contributed by atoms with Crippen LogP contribution in [0.2, 0.25) is 0 Å². The third-order valence-corrected chi connectivity index (χ3v) is 4.94. The molecule has 28 heavy (non-hydrogen) atoms. The minimum atomic E-state index is -0.852. The van der Waals surface area contributed by atoms with Crippen molar-refractivity contribution in [1.82, 2.24) is 0 Å². The Labute approximate surface area is 168 Å². The first-order chi connectivity index (χ1) is 13.7. The molecule has 3 aromatic rings. The predicted octanol–water partition coefficient (Wildman–Crippen LogP) is 5.60. The third-order valence-electron chi connectivity index (χ3n) is 4.21. The van der Waals surface area contributed by atoms with E-state index in [0.717, 1.165) is 22.3 Å². The number of hydrogen-bond donors (Lipinski definition) is 1. The molecular formula is C23H19NO3S. The number of carboxylic acid groups (broad SMARTS) is 1. The molecule has 0 aliphatic heterocycles. The highest BCUT2D eigenvalue weighted by atomic mass is 32.1. The second-order valence-electron chi connectivity index (χ2n) is 6.21. The molecule has 0 fully saturated rings. The van der Waals surface area contributed by atoms with Gasteiger partial charge in [0.25, 0.3) is 0 Å². The van der Waals surface area contributed by atoms with E-state index in [1.54, 1.807) is 23.5 Å². The van der Waals surface area contributed by atoms with Crippen LogP contribution in [0.3, 0.4) is 0 Å². The van der Waals surface area contributed by atoms with E-state index >= 15 is 0 Å². The molecule has 0 unspecified atom stereocenters. The predicted molar refractivity (Wildman–Crippen MR) is 111 cm³/mol. The van der Waals surface area contributed by atoms with E-state index in [-0.39, 0.29) is 6.42 Å². The van der Waals surface area contributed by atoms with Crippen LogP contribution in [0.25, 0.3) is 11.6 Å². The van der Waals surface area contributed by atoms with E-state index in [1.165, 1.54) is 0 Å². The fourth-order valence-electron chi connectivity index (χ4n) is 2.77. The number of rotatable bonds is 8. The zero-order chi connectivity index (χ0) is 19.8. The first-order valence-electron chi connectivity index (χ1n) is 8.81. The van der Waals surface area contributed by atoms with E-state index in [9.17, 15) is 10.1 Å². The SMILES string of the molecule is N#Cc1ccc(OCc2ccsc2)cc1/C=C(/CCC(=O)O)c1ccccc1. The van der Waals surface area contributed by atoms with Gasteiger partial charge in [0.15, 0.2) is 0 Å². The van der Waals surface area contributed by atoms with Crippen LogP contribution in [0.1, 0.15) is 35.1 Å². The van der Waals surface area contributed by atoms with Gasteiger partial charge in [0.1, 0.15) is 12.4 Å². The van der Waals surface area contributed by atoms with Gasteiger partial charge in [0.2, 0.25) is 0 Å². The lowest BCUT2D eigenvalue weighted by molar-refractivity contribution is -0.136. The smallest absolute Gasteiger partial charge is 0.303 e. The number of allylic oxidation sites excluding steroid dienone is 1. The third kappa shape index (κ3) is 5.32. The number of hydrogen-bond acceptors (Lipinski definition) is 4. The van der Waals surface area contributed by atoms with Crippen LogP contribution in [0.4, 0.5) is 0 Å². The Morgan fingerprint density at radius 1 is 1.14 bits per heavy atom. The van der Waals surface area contributed by atoms with Crippen LogP contribution in [-0.2, 0) is 11.4 Å². The Hall–Kier alpha value is -3.36. The van der Waals surface area contributed by atoms with Crippen LogP contribution >= 0.6 is 11.3 Å². The van der Waals surface area contributed by atoms with Gasteiger partial charge in [0.05, 0.1) is 11.6 Å². The molecule has 4 nitrogen and oxygen atoms in total. The molecule has 140 valence electrons. The quantitative estimate of drug-likeness (QED) is 0.509. The van der Waals surface area contributed by atoms with Crippen molar-refractivity contribution in [2.75, 3.05) is 0 Å². The first-order valence-corrected chi connectivity index (χ1v) is 9.76. The maximum Gasteiger partial charge on any atom is 0.303 e. The second-order valence-corrected chi connectivity index (χ2v) is 6.99. The molecule has 1 N–H and O–H groups in total.